The molecule has 6 nitrogen and oxygen atoms in total. The van der Waals surface area contributed by atoms with Gasteiger partial charge < -0.3 is 24.8 Å². The van der Waals surface area contributed by atoms with E-state index in [2.05, 4.69) is 6.58 Å². The number of rotatable bonds is 3. The van der Waals surface area contributed by atoms with Crippen LogP contribution in [0.2, 0.25) is 0 Å². The highest BCUT2D eigenvalue weighted by atomic mass is 16.4. The van der Waals surface area contributed by atoms with Gasteiger partial charge in [-0.1, -0.05) is 6.58 Å². The lowest BCUT2D eigenvalue weighted by atomic mass is 10.1. The third-order valence-electron chi connectivity index (χ3n) is 2.92. The molecule has 0 fully saturated rings. The Morgan fingerprint density at radius 2 is 1.86 bits per heavy atom. The zero-order valence-electron chi connectivity index (χ0n) is 11.5. The molecule has 0 radical (unpaired) electrons. The van der Waals surface area contributed by atoms with Crippen molar-refractivity contribution in [2.75, 3.05) is 6.61 Å². The minimum atomic E-state index is -0.739. The first-order valence-electron chi connectivity index (χ1n) is 6.30. The molecule has 2 rings (SSSR count). The molecule has 4 N–H and O–H groups in total. The van der Waals surface area contributed by atoms with Gasteiger partial charge in [0.15, 0.2) is 5.76 Å². The molecule has 1 heterocycles. The molecular weight excluding hydrogens is 288 g/mol. The van der Waals surface area contributed by atoms with Crippen LogP contribution in [0.25, 0.3) is 24.0 Å². The second-order valence-corrected chi connectivity index (χ2v) is 4.45. The Balaban J connectivity index is 2.74. The van der Waals surface area contributed by atoms with Gasteiger partial charge in [-0.05, 0) is 30.3 Å². The first-order valence-corrected chi connectivity index (χ1v) is 6.30. The Morgan fingerprint density at radius 1 is 1.23 bits per heavy atom. The molecular formula is C16H14O6. The summed E-state index contributed by atoms with van der Waals surface area (Å²) in [5, 5.41) is 37.3. The number of allylic oxidation sites excluding steroid dienone is 1. The Morgan fingerprint density at radius 3 is 2.45 bits per heavy atom. The molecule has 0 saturated carbocycles. The minimum Gasteiger partial charge on any atom is -0.508 e. The number of phenolic OH excluding ortho intramolecular Hbond substituents is 1. The van der Waals surface area contributed by atoms with E-state index in [9.17, 15) is 20.1 Å². The van der Waals surface area contributed by atoms with Gasteiger partial charge in [-0.3, -0.25) is 4.79 Å². The van der Waals surface area contributed by atoms with Crippen LogP contribution < -0.4 is 16.1 Å². The van der Waals surface area contributed by atoms with Gasteiger partial charge in [-0.15, -0.1) is 0 Å². The zero-order valence-corrected chi connectivity index (χ0v) is 11.5. The fraction of sp³-hybridized carbons (Fsp3) is 0.0625. The van der Waals surface area contributed by atoms with Crippen molar-refractivity contribution in [1.82, 2.24) is 0 Å². The van der Waals surface area contributed by atoms with Crippen molar-refractivity contribution in [1.29, 1.82) is 0 Å². The van der Waals surface area contributed by atoms with Gasteiger partial charge in [0.2, 0.25) is 11.2 Å². The van der Waals surface area contributed by atoms with Gasteiger partial charge in [0.25, 0.3) is 0 Å². The molecule has 0 aliphatic carbocycles. The molecule has 0 aliphatic rings. The Labute approximate surface area is 124 Å². The molecule has 6 heteroatoms. The molecule has 114 valence electrons. The molecule has 22 heavy (non-hydrogen) atoms. The summed E-state index contributed by atoms with van der Waals surface area (Å²) in [6.07, 6.45) is 2.22. The van der Waals surface area contributed by atoms with Crippen LogP contribution in [0.4, 0.5) is 0 Å². The number of hydrogen-bond acceptors (Lipinski definition) is 6. The third kappa shape index (κ3) is 3.02. The van der Waals surface area contributed by atoms with Crippen LogP contribution in [0.1, 0.15) is 0 Å². The molecule has 0 saturated heterocycles. The summed E-state index contributed by atoms with van der Waals surface area (Å²) in [4.78, 5) is 12.0. The lowest BCUT2D eigenvalue weighted by Crippen LogP contribution is -2.37. The van der Waals surface area contributed by atoms with Crippen LogP contribution in [0.5, 0.6) is 11.5 Å². The van der Waals surface area contributed by atoms with Gasteiger partial charge in [-0.25, -0.2) is 0 Å². The molecule has 0 amide bonds. The normalized spacial score (nSPS) is 12.6. The summed E-state index contributed by atoms with van der Waals surface area (Å²) >= 11 is 0. The standard InChI is InChI=1S/C16H14O6/c1-9-13(8-12(19)6-7-17)22-16(15(21)14(9)20)10-2-4-11(18)5-3-10/h2-6,8,17-19,21H,1,7H2/b12-6+,13-8+. The number of aliphatic hydroxyl groups is 2. The minimum absolute atomic E-state index is 0.0228. The van der Waals surface area contributed by atoms with E-state index in [-0.39, 0.29) is 34.5 Å². The maximum Gasteiger partial charge on any atom is 0.234 e. The average Bonchev–Trinajstić information content (AvgIpc) is 2.49. The first-order chi connectivity index (χ1) is 10.4. The first kappa shape index (κ1) is 15.4. The predicted octanol–water partition coefficient (Wildman–Crippen LogP) is 0.343. The lowest BCUT2D eigenvalue weighted by Gasteiger charge is -2.04. The highest BCUT2D eigenvalue weighted by Crippen LogP contribution is 2.25. The number of benzene rings is 1. The summed E-state index contributed by atoms with van der Waals surface area (Å²) in [6, 6.07) is 5.67. The van der Waals surface area contributed by atoms with E-state index in [0.29, 0.717) is 5.56 Å². The summed E-state index contributed by atoms with van der Waals surface area (Å²) in [5.74, 6) is -1.01. The van der Waals surface area contributed by atoms with Crippen molar-refractivity contribution in [3.63, 3.8) is 0 Å². The molecule has 0 bridgehead atoms. The van der Waals surface area contributed by atoms with E-state index in [1.807, 2.05) is 0 Å². The van der Waals surface area contributed by atoms with Crippen LogP contribution >= 0.6 is 0 Å². The Kier molecular flexibility index (Phi) is 4.33. The lowest BCUT2D eigenvalue weighted by molar-refractivity contribution is 0.333. The fourth-order valence-corrected chi connectivity index (χ4v) is 1.79. The molecule has 1 aromatic heterocycles. The van der Waals surface area contributed by atoms with Crippen molar-refractivity contribution in [3.05, 3.63) is 57.0 Å². The average molecular weight is 302 g/mol. The van der Waals surface area contributed by atoms with Gasteiger partial charge in [0, 0.05) is 11.6 Å². The van der Waals surface area contributed by atoms with Gasteiger partial charge in [0.05, 0.1) is 11.8 Å². The van der Waals surface area contributed by atoms with E-state index in [1.165, 1.54) is 24.3 Å². The van der Waals surface area contributed by atoms with Crippen LogP contribution in [-0.2, 0) is 0 Å². The zero-order chi connectivity index (χ0) is 16.3. The SMILES string of the molecule is C=c1c(=O)c(O)c(-c2ccc(O)cc2)o/c1=C/C(O)=C\CO. The van der Waals surface area contributed by atoms with Crippen molar-refractivity contribution < 1.29 is 24.8 Å². The van der Waals surface area contributed by atoms with E-state index in [4.69, 9.17) is 9.52 Å². The number of aliphatic hydroxyl groups excluding tert-OH is 2. The smallest absolute Gasteiger partial charge is 0.234 e. The van der Waals surface area contributed by atoms with E-state index < -0.39 is 11.2 Å². The Hall–Kier alpha value is -2.99. The highest BCUT2D eigenvalue weighted by molar-refractivity contribution is 5.64. The number of phenols is 1. The fourth-order valence-electron chi connectivity index (χ4n) is 1.79. The third-order valence-corrected chi connectivity index (χ3v) is 2.92. The molecule has 0 atom stereocenters. The van der Waals surface area contributed by atoms with Crippen molar-refractivity contribution in [3.8, 4) is 22.8 Å². The van der Waals surface area contributed by atoms with Gasteiger partial charge >= 0.3 is 0 Å². The Bertz CT molecular complexity index is 875. The number of aromatic hydroxyl groups is 2. The monoisotopic (exact) mass is 302 g/mol. The number of hydrogen-bond donors (Lipinski definition) is 4. The molecule has 0 spiro atoms. The van der Waals surface area contributed by atoms with Crippen LogP contribution in [0.3, 0.4) is 0 Å². The molecule has 1 aromatic carbocycles. The van der Waals surface area contributed by atoms with Crippen molar-refractivity contribution >= 4 is 12.7 Å². The van der Waals surface area contributed by atoms with Crippen molar-refractivity contribution in [2.45, 2.75) is 0 Å². The second-order valence-electron chi connectivity index (χ2n) is 4.45. The summed E-state index contributed by atoms with van der Waals surface area (Å²) in [5.41, 5.74) is -0.418. The highest BCUT2D eigenvalue weighted by Gasteiger charge is 2.13. The van der Waals surface area contributed by atoms with E-state index >= 15 is 0 Å². The second kappa shape index (κ2) is 6.19. The van der Waals surface area contributed by atoms with E-state index in [0.717, 1.165) is 12.2 Å². The quantitative estimate of drug-likeness (QED) is 0.609. The van der Waals surface area contributed by atoms with Crippen molar-refractivity contribution in [2.24, 2.45) is 0 Å². The predicted molar refractivity (Wildman–Crippen MR) is 80.8 cm³/mol. The molecule has 0 unspecified atom stereocenters. The van der Waals surface area contributed by atoms with Crippen LogP contribution in [-0.4, -0.2) is 27.0 Å². The van der Waals surface area contributed by atoms with Gasteiger partial charge in [0.1, 0.15) is 16.9 Å². The van der Waals surface area contributed by atoms with Crippen LogP contribution in [0.15, 0.2) is 45.3 Å². The largest absolute Gasteiger partial charge is 0.508 e. The maximum atomic E-state index is 12.0. The molecule has 2 aromatic rings. The maximum absolute atomic E-state index is 12.0. The van der Waals surface area contributed by atoms with Gasteiger partial charge in [-0.2, -0.15) is 0 Å². The summed E-state index contributed by atoms with van der Waals surface area (Å²) in [7, 11) is 0. The summed E-state index contributed by atoms with van der Waals surface area (Å²) < 4.78 is 5.43. The molecule has 0 aliphatic heterocycles. The summed E-state index contributed by atoms with van der Waals surface area (Å²) in [6.45, 7) is 3.12. The van der Waals surface area contributed by atoms with Crippen LogP contribution in [0, 0.1) is 0 Å². The van der Waals surface area contributed by atoms with E-state index in [1.54, 1.807) is 0 Å². The topological polar surface area (TPSA) is 111 Å².